The van der Waals surface area contributed by atoms with Crippen molar-refractivity contribution in [1.29, 1.82) is 0 Å². The number of ether oxygens (including phenoxy) is 1. The molecule has 1 aromatic carbocycles. The van der Waals surface area contributed by atoms with Gasteiger partial charge in [-0.3, -0.25) is 0 Å². The summed E-state index contributed by atoms with van der Waals surface area (Å²) in [6.07, 6.45) is 7.57. The predicted molar refractivity (Wildman–Crippen MR) is 84.8 cm³/mol. The average Bonchev–Trinajstić information content (AvgIpc) is 3.29. The summed E-state index contributed by atoms with van der Waals surface area (Å²) in [4.78, 5) is 0. The van der Waals surface area contributed by atoms with Crippen LogP contribution < -0.4 is 10.1 Å². The lowest BCUT2D eigenvalue weighted by Gasteiger charge is -2.32. The van der Waals surface area contributed by atoms with Gasteiger partial charge in [-0.2, -0.15) is 0 Å². The Morgan fingerprint density at radius 2 is 2.00 bits per heavy atom. The topological polar surface area (TPSA) is 41.5 Å². The second-order valence-corrected chi connectivity index (χ2v) is 6.85. The van der Waals surface area contributed by atoms with Crippen LogP contribution in [0.1, 0.15) is 50.5 Å². The Bertz CT molecular complexity index is 482. The van der Waals surface area contributed by atoms with Crippen LogP contribution in [0.2, 0.25) is 5.02 Å². The molecule has 2 fully saturated rings. The van der Waals surface area contributed by atoms with Gasteiger partial charge in [0.1, 0.15) is 12.4 Å². The summed E-state index contributed by atoms with van der Waals surface area (Å²) < 4.78 is 5.94. The van der Waals surface area contributed by atoms with E-state index in [9.17, 15) is 5.11 Å². The molecule has 0 unspecified atom stereocenters. The smallest absolute Gasteiger partial charge is 0.125 e. The fraction of sp³-hybridized carbons (Fsp3) is 0.647. The minimum absolute atomic E-state index is 0.365. The molecule has 4 heteroatoms. The van der Waals surface area contributed by atoms with E-state index in [2.05, 4.69) is 5.32 Å². The summed E-state index contributed by atoms with van der Waals surface area (Å²) in [5, 5.41) is 14.8. The molecule has 2 saturated carbocycles. The summed E-state index contributed by atoms with van der Waals surface area (Å²) in [7, 11) is 0. The zero-order valence-corrected chi connectivity index (χ0v) is 13.2. The number of rotatable bonds is 6. The highest BCUT2D eigenvalue weighted by atomic mass is 35.5. The van der Waals surface area contributed by atoms with Gasteiger partial charge in [0.25, 0.3) is 0 Å². The number of benzene rings is 1. The van der Waals surface area contributed by atoms with Gasteiger partial charge in [0, 0.05) is 23.2 Å². The van der Waals surface area contributed by atoms with E-state index in [0.29, 0.717) is 12.6 Å². The van der Waals surface area contributed by atoms with Crippen molar-refractivity contribution >= 4 is 11.6 Å². The Hall–Kier alpha value is -0.770. The standard InChI is InChI=1S/C17H24ClNO2/c18-15-5-4-6-16(14(15)11-19-13-7-8-13)21-12-17(20)9-2-1-3-10-17/h4-6,13,19-20H,1-3,7-12H2. The highest BCUT2D eigenvalue weighted by Gasteiger charge is 2.30. The molecule has 2 N–H and O–H groups in total. The minimum atomic E-state index is -0.665. The van der Waals surface area contributed by atoms with Crippen molar-refractivity contribution < 1.29 is 9.84 Å². The molecule has 3 rings (SSSR count). The molecular formula is C17H24ClNO2. The Morgan fingerprint density at radius 1 is 1.24 bits per heavy atom. The van der Waals surface area contributed by atoms with E-state index in [-0.39, 0.29) is 0 Å². The first-order chi connectivity index (χ1) is 10.2. The van der Waals surface area contributed by atoms with Gasteiger partial charge in [0.15, 0.2) is 0 Å². The third-order valence-electron chi connectivity index (χ3n) is 4.50. The maximum absolute atomic E-state index is 10.5. The lowest BCUT2D eigenvalue weighted by atomic mass is 9.85. The van der Waals surface area contributed by atoms with Crippen LogP contribution in [0.5, 0.6) is 5.75 Å². The zero-order chi connectivity index (χ0) is 14.7. The van der Waals surface area contributed by atoms with Gasteiger partial charge in [-0.15, -0.1) is 0 Å². The van der Waals surface area contributed by atoms with Crippen LogP contribution in [0.3, 0.4) is 0 Å². The third kappa shape index (κ3) is 4.12. The van der Waals surface area contributed by atoms with Crippen LogP contribution in [0.15, 0.2) is 18.2 Å². The van der Waals surface area contributed by atoms with E-state index in [0.717, 1.165) is 48.6 Å². The van der Waals surface area contributed by atoms with Crippen molar-refractivity contribution in [2.45, 2.75) is 63.1 Å². The number of aliphatic hydroxyl groups is 1. The number of hydrogen-bond donors (Lipinski definition) is 2. The lowest BCUT2D eigenvalue weighted by Crippen LogP contribution is -2.38. The van der Waals surface area contributed by atoms with Crippen LogP contribution in [0.25, 0.3) is 0 Å². The van der Waals surface area contributed by atoms with Crippen LogP contribution in [-0.2, 0) is 6.54 Å². The molecule has 116 valence electrons. The van der Waals surface area contributed by atoms with Gasteiger partial charge < -0.3 is 15.2 Å². The first-order valence-electron chi connectivity index (χ1n) is 8.02. The average molecular weight is 310 g/mol. The zero-order valence-electron chi connectivity index (χ0n) is 12.4. The Balaban J connectivity index is 1.64. The molecule has 0 spiro atoms. The molecule has 3 nitrogen and oxygen atoms in total. The molecule has 2 aliphatic carbocycles. The molecule has 0 radical (unpaired) electrons. The molecule has 0 amide bonds. The normalized spacial score (nSPS) is 21.2. The SMILES string of the molecule is OC1(COc2cccc(Cl)c2CNC2CC2)CCCCC1. The molecule has 0 aromatic heterocycles. The van der Waals surface area contributed by atoms with Crippen molar-refractivity contribution in [3.8, 4) is 5.75 Å². The predicted octanol–water partition coefficient (Wildman–Crippen LogP) is 3.67. The van der Waals surface area contributed by atoms with Crippen LogP contribution in [-0.4, -0.2) is 23.4 Å². The number of hydrogen-bond acceptors (Lipinski definition) is 3. The number of nitrogens with one attached hydrogen (secondary N) is 1. The minimum Gasteiger partial charge on any atom is -0.490 e. The summed E-state index contributed by atoms with van der Waals surface area (Å²) in [6, 6.07) is 6.38. The first kappa shape index (κ1) is 15.1. The van der Waals surface area contributed by atoms with Crippen LogP contribution >= 0.6 is 11.6 Å². The van der Waals surface area contributed by atoms with Crippen molar-refractivity contribution in [2.24, 2.45) is 0 Å². The maximum Gasteiger partial charge on any atom is 0.125 e. The molecule has 2 aliphatic rings. The van der Waals surface area contributed by atoms with Crippen molar-refractivity contribution in [1.82, 2.24) is 5.32 Å². The van der Waals surface area contributed by atoms with Gasteiger partial charge in [-0.05, 0) is 37.8 Å². The van der Waals surface area contributed by atoms with Gasteiger partial charge in [-0.1, -0.05) is 36.9 Å². The van der Waals surface area contributed by atoms with E-state index in [1.807, 2.05) is 18.2 Å². The highest BCUT2D eigenvalue weighted by Crippen LogP contribution is 2.32. The number of halogens is 1. The van der Waals surface area contributed by atoms with E-state index in [1.165, 1.54) is 19.3 Å². The van der Waals surface area contributed by atoms with Gasteiger partial charge in [0.05, 0.1) is 5.60 Å². The van der Waals surface area contributed by atoms with Gasteiger partial charge in [0.2, 0.25) is 0 Å². The van der Waals surface area contributed by atoms with Crippen molar-refractivity contribution in [2.75, 3.05) is 6.61 Å². The van der Waals surface area contributed by atoms with E-state index in [4.69, 9.17) is 16.3 Å². The van der Waals surface area contributed by atoms with Gasteiger partial charge >= 0.3 is 0 Å². The summed E-state index contributed by atoms with van der Waals surface area (Å²) in [5.74, 6) is 0.801. The summed E-state index contributed by atoms with van der Waals surface area (Å²) in [6.45, 7) is 1.10. The van der Waals surface area contributed by atoms with Crippen molar-refractivity contribution in [3.63, 3.8) is 0 Å². The quantitative estimate of drug-likeness (QED) is 0.842. The van der Waals surface area contributed by atoms with E-state index < -0.39 is 5.60 Å². The Morgan fingerprint density at radius 3 is 2.71 bits per heavy atom. The summed E-state index contributed by atoms with van der Waals surface area (Å²) >= 11 is 6.31. The van der Waals surface area contributed by atoms with Crippen LogP contribution in [0.4, 0.5) is 0 Å². The Kier molecular flexibility index (Phi) is 4.72. The molecule has 1 aromatic rings. The molecule has 0 aliphatic heterocycles. The fourth-order valence-electron chi connectivity index (χ4n) is 2.95. The van der Waals surface area contributed by atoms with Crippen LogP contribution in [0, 0.1) is 0 Å². The van der Waals surface area contributed by atoms with Gasteiger partial charge in [-0.25, -0.2) is 0 Å². The molecule has 0 bridgehead atoms. The molecule has 0 saturated heterocycles. The maximum atomic E-state index is 10.5. The van der Waals surface area contributed by atoms with E-state index >= 15 is 0 Å². The third-order valence-corrected chi connectivity index (χ3v) is 4.86. The first-order valence-corrected chi connectivity index (χ1v) is 8.40. The summed E-state index contributed by atoms with van der Waals surface area (Å²) in [5.41, 5.74) is 0.340. The highest BCUT2D eigenvalue weighted by molar-refractivity contribution is 6.31. The molecule has 0 heterocycles. The van der Waals surface area contributed by atoms with E-state index in [1.54, 1.807) is 0 Å². The fourth-order valence-corrected chi connectivity index (χ4v) is 3.18. The molecular weight excluding hydrogens is 286 g/mol. The monoisotopic (exact) mass is 309 g/mol. The van der Waals surface area contributed by atoms with Crippen molar-refractivity contribution in [3.05, 3.63) is 28.8 Å². The largest absolute Gasteiger partial charge is 0.490 e. The second kappa shape index (κ2) is 6.55. The molecule has 0 atom stereocenters. The molecule has 21 heavy (non-hydrogen) atoms. The Labute approximate surface area is 131 Å². The lowest BCUT2D eigenvalue weighted by molar-refractivity contribution is -0.0341. The second-order valence-electron chi connectivity index (χ2n) is 6.45.